The van der Waals surface area contributed by atoms with Crippen LogP contribution >= 0.6 is 50.5 Å². The number of carboxylic acid groups (broad SMARTS) is 4. The predicted molar refractivity (Wildman–Crippen MR) is 120 cm³/mol. The summed E-state index contributed by atoms with van der Waals surface area (Å²) in [6.45, 7) is 1.06. The van der Waals surface area contributed by atoms with Crippen molar-refractivity contribution < 1.29 is 54.9 Å². The van der Waals surface area contributed by atoms with Crippen molar-refractivity contribution in [2.24, 2.45) is 5.41 Å². The van der Waals surface area contributed by atoms with Gasteiger partial charge in [-0.1, -0.05) is 6.92 Å². The number of hydrogen-bond acceptors (Lipinski definition) is 11. The molecule has 0 atom stereocenters. The smallest absolute Gasteiger partial charge is 0.313 e. The second kappa shape index (κ2) is 29.4. The molecule has 0 aliphatic rings. The summed E-state index contributed by atoms with van der Waals surface area (Å²) in [6.07, 6.45) is 0.156. The molecule has 0 unspecified atom stereocenters. The van der Waals surface area contributed by atoms with E-state index >= 15 is 0 Å². The Morgan fingerprint density at radius 1 is 0.621 bits per heavy atom. The highest BCUT2D eigenvalue weighted by atomic mass is 32.1. The lowest BCUT2D eigenvalue weighted by Gasteiger charge is -2.20. The predicted octanol–water partition coefficient (Wildman–Crippen LogP) is -0.637. The second-order valence-electron chi connectivity index (χ2n) is 4.81. The highest BCUT2D eigenvalue weighted by Gasteiger charge is 2.20. The summed E-state index contributed by atoms with van der Waals surface area (Å²) < 4.78 is 0. The zero-order valence-corrected chi connectivity index (χ0v) is 19.3. The standard InChI is InChI=1S/C5H12O3.C3H6O2S.3C2H4O2S/c1-5(2-6,3-7)4-8;4-3(5)1-2-6;3*3-2(4)1-5/h6-8H,2-4H2,1H3;6H,1-2H2,(H,4,5);3*5H,1H2,(H,3,4). The molecule has 0 bridgehead atoms. The van der Waals surface area contributed by atoms with Crippen molar-refractivity contribution in [1.29, 1.82) is 0 Å². The number of thiol groups is 4. The van der Waals surface area contributed by atoms with Gasteiger partial charge in [-0.05, 0) is 0 Å². The van der Waals surface area contributed by atoms with Gasteiger partial charge >= 0.3 is 23.9 Å². The van der Waals surface area contributed by atoms with Crippen LogP contribution in [-0.4, -0.2) is 102 Å². The minimum Gasteiger partial charge on any atom is -0.481 e. The minimum absolute atomic E-state index is 0.0833. The maximum absolute atomic E-state index is 9.55. The Labute approximate surface area is 190 Å². The first kappa shape index (κ1) is 38.7. The van der Waals surface area contributed by atoms with Gasteiger partial charge in [-0.3, -0.25) is 19.2 Å². The van der Waals surface area contributed by atoms with Crippen molar-refractivity contribution in [1.82, 2.24) is 0 Å². The van der Waals surface area contributed by atoms with Crippen LogP contribution in [0.15, 0.2) is 0 Å². The molecule has 15 heteroatoms. The molecule has 0 saturated carbocycles. The van der Waals surface area contributed by atoms with Crippen molar-refractivity contribution in [2.45, 2.75) is 13.3 Å². The first-order valence-corrected chi connectivity index (χ1v) is 9.93. The van der Waals surface area contributed by atoms with Crippen molar-refractivity contribution in [3.63, 3.8) is 0 Å². The van der Waals surface area contributed by atoms with Crippen molar-refractivity contribution in [2.75, 3.05) is 42.8 Å². The van der Waals surface area contributed by atoms with E-state index in [0.29, 0.717) is 5.75 Å². The molecule has 0 aliphatic carbocycles. The van der Waals surface area contributed by atoms with Gasteiger partial charge in [0.15, 0.2) is 0 Å². The molecule has 0 amide bonds. The Morgan fingerprint density at radius 2 is 0.828 bits per heavy atom. The summed E-state index contributed by atoms with van der Waals surface area (Å²) in [5, 5.41) is 56.2. The molecule has 0 aromatic carbocycles. The van der Waals surface area contributed by atoms with Crippen molar-refractivity contribution in [3.8, 4) is 0 Å². The summed E-state index contributed by atoms with van der Waals surface area (Å²) in [4.78, 5) is 37.4. The first-order chi connectivity index (χ1) is 13.3. The van der Waals surface area contributed by atoms with Crippen molar-refractivity contribution in [3.05, 3.63) is 0 Å². The molecule has 11 nitrogen and oxygen atoms in total. The SMILES string of the molecule is CC(CO)(CO)CO.O=C(O)CCS.O=C(O)CS.O=C(O)CS.O=C(O)CS. The Bertz CT molecular complexity index is 377. The maximum atomic E-state index is 9.55. The highest BCUT2D eigenvalue weighted by Crippen LogP contribution is 2.10. The molecule has 0 rings (SSSR count). The van der Waals surface area contributed by atoms with E-state index in [-0.39, 0.29) is 43.5 Å². The third kappa shape index (κ3) is 58.4. The average molecular weight is 503 g/mol. The van der Waals surface area contributed by atoms with Crippen LogP contribution in [0.4, 0.5) is 0 Å². The van der Waals surface area contributed by atoms with Crippen LogP contribution in [0.25, 0.3) is 0 Å². The summed E-state index contributed by atoms with van der Waals surface area (Å²) in [7, 11) is 0. The van der Waals surface area contributed by atoms with Gasteiger partial charge in [0.1, 0.15) is 0 Å². The van der Waals surface area contributed by atoms with E-state index in [2.05, 4.69) is 50.5 Å². The molecule has 0 aromatic heterocycles. The summed E-state index contributed by atoms with van der Waals surface area (Å²) in [5.74, 6) is -3.25. The van der Waals surface area contributed by atoms with Crippen LogP contribution in [-0.2, 0) is 19.2 Å². The number of hydrogen-bond donors (Lipinski definition) is 11. The van der Waals surface area contributed by atoms with Crippen LogP contribution in [0, 0.1) is 5.41 Å². The summed E-state index contributed by atoms with van der Waals surface area (Å²) >= 11 is 13.9. The number of carbonyl (C=O) groups is 4. The quantitative estimate of drug-likeness (QED) is 0.188. The largest absolute Gasteiger partial charge is 0.481 e. The second-order valence-corrected chi connectivity index (χ2v) is 6.20. The van der Waals surface area contributed by atoms with E-state index in [1.54, 1.807) is 6.92 Å². The number of carboxylic acids is 4. The van der Waals surface area contributed by atoms with E-state index in [1.165, 1.54) is 0 Å². The fourth-order valence-electron chi connectivity index (χ4n) is 0.246. The fourth-order valence-corrected chi connectivity index (χ4v) is 0.437. The molecule has 0 fully saturated rings. The van der Waals surface area contributed by atoms with Gasteiger partial charge in [0.2, 0.25) is 0 Å². The zero-order chi connectivity index (χ0) is 24.5. The van der Waals surface area contributed by atoms with Gasteiger partial charge in [0, 0.05) is 11.2 Å². The summed E-state index contributed by atoms with van der Waals surface area (Å²) in [6, 6.07) is 0. The molecule has 176 valence electrons. The third-order valence-electron chi connectivity index (χ3n) is 1.88. The molecule has 0 aromatic rings. The van der Waals surface area contributed by atoms with Crippen LogP contribution < -0.4 is 0 Å². The van der Waals surface area contributed by atoms with Gasteiger partial charge in [0.25, 0.3) is 0 Å². The number of rotatable bonds is 8. The first-order valence-electron chi connectivity index (χ1n) is 7.40. The van der Waals surface area contributed by atoms with Crippen molar-refractivity contribution >= 4 is 74.4 Å². The Balaban J connectivity index is -0.0000000841. The molecule has 29 heavy (non-hydrogen) atoms. The molecule has 0 spiro atoms. The number of aliphatic carboxylic acids is 4. The normalized spacial score (nSPS) is 8.83. The fraction of sp³-hybridized carbons (Fsp3) is 0.714. The molecular formula is C14H30O11S4. The molecule has 0 radical (unpaired) electrons. The number of aliphatic hydroxyl groups is 3. The topological polar surface area (TPSA) is 210 Å². The Morgan fingerprint density at radius 3 is 0.828 bits per heavy atom. The monoisotopic (exact) mass is 502 g/mol. The third-order valence-corrected chi connectivity index (χ3v) is 2.91. The van der Waals surface area contributed by atoms with Gasteiger partial charge in [0.05, 0.1) is 43.5 Å². The Kier molecular flexibility index (Phi) is 39.2. The highest BCUT2D eigenvalue weighted by molar-refractivity contribution is 7.81. The van der Waals surface area contributed by atoms with Gasteiger partial charge in [-0.15, -0.1) is 0 Å². The van der Waals surface area contributed by atoms with Crippen LogP contribution in [0.2, 0.25) is 0 Å². The summed E-state index contributed by atoms with van der Waals surface area (Å²) in [5.41, 5.74) is -0.708. The van der Waals surface area contributed by atoms with E-state index in [4.69, 9.17) is 35.7 Å². The van der Waals surface area contributed by atoms with Crippen LogP contribution in [0.1, 0.15) is 13.3 Å². The van der Waals surface area contributed by atoms with Gasteiger partial charge in [-0.2, -0.15) is 50.5 Å². The minimum atomic E-state index is -0.881. The van der Waals surface area contributed by atoms with E-state index < -0.39 is 29.3 Å². The molecule has 0 saturated heterocycles. The lowest BCUT2D eigenvalue weighted by Crippen LogP contribution is -2.29. The Hall–Kier alpha value is -0.840. The van der Waals surface area contributed by atoms with Gasteiger partial charge in [-0.25, -0.2) is 0 Å². The molecule has 0 heterocycles. The molecule has 0 aliphatic heterocycles. The zero-order valence-electron chi connectivity index (χ0n) is 15.7. The van der Waals surface area contributed by atoms with E-state index in [0.717, 1.165) is 0 Å². The average Bonchev–Trinajstić information content (AvgIpc) is 2.68. The molecular weight excluding hydrogens is 472 g/mol. The maximum Gasteiger partial charge on any atom is 0.313 e. The molecule has 7 N–H and O–H groups in total. The van der Waals surface area contributed by atoms with E-state index in [9.17, 15) is 19.2 Å². The van der Waals surface area contributed by atoms with E-state index in [1.807, 2.05) is 0 Å². The lowest BCUT2D eigenvalue weighted by molar-refractivity contribution is -0.137. The van der Waals surface area contributed by atoms with Gasteiger partial charge < -0.3 is 35.7 Å². The van der Waals surface area contributed by atoms with Crippen LogP contribution in [0.5, 0.6) is 0 Å². The van der Waals surface area contributed by atoms with Crippen LogP contribution in [0.3, 0.4) is 0 Å². The lowest BCUT2D eigenvalue weighted by atomic mass is 9.95. The number of aliphatic hydroxyl groups excluding tert-OH is 3.